The molecule has 0 atom stereocenters. The average molecular weight is 203 g/mol. The van der Waals surface area contributed by atoms with Gasteiger partial charge in [0.15, 0.2) is 0 Å². The fourth-order valence-electron chi connectivity index (χ4n) is 0.622. The summed E-state index contributed by atoms with van der Waals surface area (Å²) in [6, 6.07) is 2.22. The van der Waals surface area contributed by atoms with Crippen molar-refractivity contribution in [1.82, 2.24) is 0 Å². The monoisotopic (exact) mass is 202 g/mol. The van der Waals surface area contributed by atoms with Crippen LogP contribution < -0.4 is 4.12 Å². The van der Waals surface area contributed by atoms with Crippen LogP contribution in [0.5, 0.6) is 0 Å². The van der Waals surface area contributed by atoms with Gasteiger partial charge < -0.3 is 0 Å². The maximum atomic E-state index is 12.4. The summed E-state index contributed by atoms with van der Waals surface area (Å²) in [7, 11) is 0. The van der Waals surface area contributed by atoms with Crippen LogP contribution in [-0.2, 0) is 0 Å². The van der Waals surface area contributed by atoms with E-state index in [-0.39, 0.29) is 18.6 Å². The normalized spacial score (nSPS) is 9.90. The zero-order valence-corrected chi connectivity index (χ0v) is 9.48. The van der Waals surface area contributed by atoms with Crippen molar-refractivity contribution in [2.24, 2.45) is 0 Å². The molecule has 0 saturated heterocycles. The molecule has 0 spiro atoms. The molecule has 1 aromatic rings. The third-order valence-corrected chi connectivity index (χ3v) is 2.85. The van der Waals surface area contributed by atoms with Crippen LogP contribution in [0.4, 0.5) is 13.2 Å². The van der Waals surface area contributed by atoms with Crippen LogP contribution in [0.2, 0.25) is 0 Å². The van der Waals surface area contributed by atoms with Crippen LogP contribution in [0.25, 0.3) is 0 Å². The molecule has 0 aliphatic rings. The molecule has 10 heavy (non-hydrogen) atoms. The van der Waals surface area contributed by atoms with E-state index in [2.05, 4.69) is 0 Å². The molecule has 0 heterocycles. The third kappa shape index (κ3) is 1.22. The van der Waals surface area contributed by atoms with Crippen LogP contribution >= 0.6 is 0 Å². The predicted molar refractivity (Wildman–Crippen MR) is 34.5 cm³/mol. The van der Waals surface area contributed by atoms with Gasteiger partial charge in [0.05, 0.1) is 0 Å². The van der Waals surface area contributed by atoms with E-state index in [9.17, 15) is 13.2 Å². The number of benzene rings is 1. The number of hydrogen-bond donors (Lipinski definition) is 0. The van der Waals surface area contributed by atoms with E-state index >= 15 is 0 Å². The van der Waals surface area contributed by atoms with Crippen LogP contribution in [0.1, 0.15) is 0 Å². The fraction of sp³-hybridized carbons (Fsp3) is 0. The van der Waals surface area contributed by atoms with Gasteiger partial charge >= 0.3 is 65.5 Å². The molecule has 0 saturated carbocycles. The minimum atomic E-state index is -1.36. The van der Waals surface area contributed by atoms with Gasteiger partial charge in [-0.15, -0.1) is 0 Å². The van der Waals surface area contributed by atoms with E-state index in [1.54, 1.807) is 0 Å². The Labute approximate surface area is 66.0 Å². The predicted octanol–water partition coefficient (Wildman–Crippen LogP) is 0.362. The van der Waals surface area contributed by atoms with Gasteiger partial charge in [-0.2, -0.15) is 0 Å². The summed E-state index contributed by atoms with van der Waals surface area (Å²) >= 11 is 0.0472. The molecule has 0 N–H and O–H groups in total. The molecule has 0 aliphatic heterocycles. The molecule has 0 bridgehead atoms. The van der Waals surface area contributed by atoms with Crippen LogP contribution in [-0.4, -0.2) is 18.6 Å². The molecule has 0 amide bonds. The summed E-state index contributed by atoms with van der Waals surface area (Å²) in [5, 5.41) is 0. The average Bonchev–Trinajstić information content (AvgIpc) is 1.93. The quantitative estimate of drug-likeness (QED) is 0.421. The Morgan fingerprint density at radius 1 is 1.00 bits per heavy atom. The molecule has 0 aromatic heterocycles. The SMILES string of the molecule is Fc1cc[c]([GaH2])c(F)c1F. The summed E-state index contributed by atoms with van der Waals surface area (Å²) in [6.45, 7) is 0. The van der Waals surface area contributed by atoms with Crippen molar-refractivity contribution in [2.45, 2.75) is 0 Å². The topological polar surface area (TPSA) is 0 Å². The number of rotatable bonds is 0. The number of hydrogen-bond acceptors (Lipinski definition) is 0. The molecule has 52 valence electrons. The van der Waals surface area contributed by atoms with Gasteiger partial charge in [-0.3, -0.25) is 0 Å². The molecule has 1 aromatic carbocycles. The van der Waals surface area contributed by atoms with E-state index in [1.165, 1.54) is 6.07 Å². The van der Waals surface area contributed by atoms with Crippen molar-refractivity contribution in [3.63, 3.8) is 0 Å². The van der Waals surface area contributed by atoms with Gasteiger partial charge in [0.1, 0.15) is 0 Å². The summed E-state index contributed by atoms with van der Waals surface area (Å²) in [5.41, 5.74) is 0. The molecule has 0 aliphatic carbocycles. The Balaban J connectivity index is 3.34. The second-order valence-electron chi connectivity index (χ2n) is 1.99. The fourth-order valence-corrected chi connectivity index (χ4v) is 1.43. The molecule has 0 nitrogen and oxygen atoms in total. The molecule has 0 radical (unpaired) electrons. The van der Waals surface area contributed by atoms with Crippen molar-refractivity contribution >= 4 is 22.7 Å². The standard InChI is InChI=1S/C6H2F3.Ga.2H/c7-4-2-1-3-5(8)6(4)9;;;/h1-2H;;;. The Bertz CT molecular complexity index is 232. The maximum absolute atomic E-state index is 12.4. The second-order valence-corrected chi connectivity index (χ2v) is 4.25. The van der Waals surface area contributed by atoms with E-state index in [0.717, 1.165) is 6.07 Å². The first-order chi connectivity index (χ1) is 4.63. The van der Waals surface area contributed by atoms with Crippen molar-refractivity contribution in [2.75, 3.05) is 0 Å². The van der Waals surface area contributed by atoms with Gasteiger partial charge in [-0.1, -0.05) is 0 Å². The number of halogens is 3. The van der Waals surface area contributed by atoms with E-state index in [0.29, 0.717) is 4.12 Å². The van der Waals surface area contributed by atoms with Crippen molar-refractivity contribution in [3.8, 4) is 0 Å². The van der Waals surface area contributed by atoms with E-state index in [4.69, 9.17) is 0 Å². The molecular weight excluding hydrogens is 199 g/mol. The van der Waals surface area contributed by atoms with E-state index < -0.39 is 17.5 Å². The summed E-state index contributed by atoms with van der Waals surface area (Å²) in [4.78, 5) is 0. The Morgan fingerprint density at radius 2 is 1.60 bits per heavy atom. The van der Waals surface area contributed by atoms with Crippen LogP contribution in [0.15, 0.2) is 12.1 Å². The molecule has 0 unspecified atom stereocenters. The summed E-state index contributed by atoms with van der Waals surface area (Å²) in [6.07, 6.45) is 0. The van der Waals surface area contributed by atoms with Crippen molar-refractivity contribution < 1.29 is 13.2 Å². The minimum absolute atomic E-state index is 0.0472. The van der Waals surface area contributed by atoms with Crippen molar-refractivity contribution in [3.05, 3.63) is 29.6 Å². The van der Waals surface area contributed by atoms with Crippen LogP contribution in [0.3, 0.4) is 0 Å². The summed E-state index contributed by atoms with van der Waals surface area (Å²) in [5.74, 6) is -3.50. The van der Waals surface area contributed by atoms with Gasteiger partial charge in [-0.25, -0.2) is 0 Å². The Morgan fingerprint density at radius 3 is 2.10 bits per heavy atom. The molecular formula is C6H4F3Ga. The first-order valence-corrected chi connectivity index (χ1v) is 4.83. The Kier molecular flexibility index (Phi) is 2.10. The zero-order valence-electron chi connectivity index (χ0n) is 5.29. The first kappa shape index (κ1) is 7.75. The van der Waals surface area contributed by atoms with Gasteiger partial charge in [-0.05, 0) is 0 Å². The Hall–Kier alpha value is -0.354. The first-order valence-electron chi connectivity index (χ1n) is 2.73. The van der Waals surface area contributed by atoms with Gasteiger partial charge in [0, 0.05) is 0 Å². The van der Waals surface area contributed by atoms with Crippen LogP contribution in [0, 0.1) is 17.5 Å². The van der Waals surface area contributed by atoms with Gasteiger partial charge in [0.25, 0.3) is 0 Å². The van der Waals surface area contributed by atoms with E-state index in [1.807, 2.05) is 0 Å². The molecule has 1 rings (SSSR count). The molecule has 4 heteroatoms. The second kappa shape index (κ2) is 2.71. The van der Waals surface area contributed by atoms with Crippen molar-refractivity contribution in [1.29, 1.82) is 0 Å². The molecule has 0 fully saturated rings. The summed E-state index contributed by atoms with van der Waals surface area (Å²) < 4.78 is 37.2. The zero-order chi connectivity index (χ0) is 7.72. The third-order valence-electron chi connectivity index (χ3n) is 1.23. The van der Waals surface area contributed by atoms with Gasteiger partial charge in [0.2, 0.25) is 0 Å².